The molecule has 20 heavy (non-hydrogen) atoms. The number of hydrogen-bond donors (Lipinski definition) is 0. The summed E-state index contributed by atoms with van der Waals surface area (Å²) in [6, 6.07) is 19.4. The van der Waals surface area contributed by atoms with Crippen molar-refractivity contribution in [3.05, 3.63) is 83.4 Å². The maximum absolute atomic E-state index is 14.4. The van der Waals surface area contributed by atoms with E-state index >= 15 is 0 Å². The van der Waals surface area contributed by atoms with Crippen molar-refractivity contribution in [1.82, 2.24) is 0 Å². The minimum Gasteiger partial charge on any atom is -0.198 e. The Labute approximate surface area is 127 Å². The Morgan fingerprint density at radius 1 is 0.900 bits per heavy atom. The summed E-state index contributed by atoms with van der Waals surface area (Å²) in [7, 11) is 0. The Bertz CT molecular complexity index is 576. The van der Waals surface area contributed by atoms with Crippen LogP contribution in [0.5, 0.6) is 0 Å². The molecular weight excluding hydrogens is 287 g/mol. The van der Waals surface area contributed by atoms with E-state index in [1.54, 1.807) is 6.08 Å². The molecule has 0 aliphatic rings. The highest BCUT2D eigenvalue weighted by molar-refractivity contribution is 8.06. The molecule has 2 rings (SSSR count). The third kappa shape index (κ3) is 4.58. The molecule has 0 aliphatic carbocycles. The van der Waals surface area contributed by atoms with Crippen LogP contribution in [-0.2, 0) is 0 Å². The lowest BCUT2D eigenvalue weighted by atomic mass is 10.4. The molecule has 0 bridgehead atoms. The van der Waals surface area contributed by atoms with E-state index in [0.29, 0.717) is 11.3 Å². The van der Waals surface area contributed by atoms with Crippen LogP contribution in [-0.4, -0.2) is 0 Å². The van der Waals surface area contributed by atoms with Gasteiger partial charge in [-0.1, -0.05) is 66.0 Å². The van der Waals surface area contributed by atoms with Crippen LogP contribution in [0.15, 0.2) is 93.2 Å². The molecule has 0 N–H and O–H groups in total. The smallest absolute Gasteiger partial charge is 0.171 e. The molecular formula is C17H15FS2. The molecule has 2 aromatic carbocycles. The molecule has 0 atom stereocenters. The first kappa shape index (κ1) is 14.9. The fourth-order valence-electron chi connectivity index (χ4n) is 1.57. The van der Waals surface area contributed by atoms with Crippen molar-refractivity contribution in [3.8, 4) is 0 Å². The van der Waals surface area contributed by atoms with E-state index < -0.39 is 0 Å². The van der Waals surface area contributed by atoms with E-state index in [0.717, 1.165) is 21.6 Å². The standard InChI is InChI=1S/C17H15FS2/c1-2-9-16(19-14-10-5-3-6-11-14)17(18)20-15-12-7-4-8-13-15/h2-8,10-13H,1,9H2/b17-16+. The number of hydrogen-bond acceptors (Lipinski definition) is 2. The van der Waals surface area contributed by atoms with Crippen molar-refractivity contribution >= 4 is 23.5 Å². The summed E-state index contributed by atoms with van der Waals surface area (Å²) < 4.78 is 14.4. The lowest BCUT2D eigenvalue weighted by molar-refractivity contribution is 0.692. The fraction of sp³-hybridized carbons (Fsp3) is 0.0588. The normalized spacial score (nSPS) is 11.8. The van der Waals surface area contributed by atoms with E-state index in [4.69, 9.17) is 0 Å². The molecule has 2 aromatic rings. The van der Waals surface area contributed by atoms with Gasteiger partial charge in [-0.15, -0.1) is 6.58 Å². The van der Waals surface area contributed by atoms with Gasteiger partial charge < -0.3 is 0 Å². The van der Waals surface area contributed by atoms with E-state index in [1.807, 2.05) is 60.7 Å². The minimum atomic E-state index is -0.162. The Morgan fingerprint density at radius 3 is 1.90 bits per heavy atom. The highest BCUT2D eigenvalue weighted by atomic mass is 32.2. The summed E-state index contributed by atoms with van der Waals surface area (Å²) in [6.07, 6.45) is 2.27. The SMILES string of the molecule is C=CC/C(Sc1ccccc1)=C(/F)Sc1ccccc1. The summed E-state index contributed by atoms with van der Waals surface area (Å²) in [6.45, 7) is 3.71. The van der Waals surface area contributed by atoms with Crippen LogP contribution >= 0.6 is 23.5 Å². The number of rotatable bonds is 6. The van der Waals surface area contributed by atoms with Crippen molar-refractivity contribution < 1.29 is 4.39 Å². The van der Waals surface area contributed by atoms with Crippen LogP contribution in [0.2, 0.25) is 0 Å². The van der Waals surface area contributed by atoms with Gasteiger partial charge in [0.2, 0.25) is 0 Å². The molecule has 0 fully saturated rings. The van der Waals surface area contributed by atoms with E-state index in [-0.39, 0.29) is 5.16 Å². The zero-order valence-electron chi connectivity index (χ0n) is 11.0. The molecule has 0 saturated carbocycles. The van der Waals surface area contributed by atoms with Crippen LogP contribution in [0.4, 0.5) is 4.39 Å². The minimum absolute atomic E-state index is 0.162. The van der Waals surface area contributed by atoms with Gasteiger partial charge in [-0.2, -0.15) is 4.39 Å². The van der Waals surface area contributed by atoms with Crippen LogP contribution < -0.4 is 0 Å². The maximum Gasteiger partial charge on any atom is 0.171 e. The van der Waals surface area contributed by atoms with Gasteiger partial charge in [0.05, 0.1) is 0 Å². The van der Waals surface area contributed by atoms with E-state index in [1.165, 1.54) is 11.8 Å². The first-order chi connectivity index (χ1) is 9.79. The molecule has 102 valence electrons. The van der Waals surface area contributed by atoms with Crippen molar-refractivity contribution in [2.24, 2.45) is 0 Å². The third-order valence-electron chi connectivity index (χ3n) is 2.48. The van der Waals surface area contributed by atoms with Gasteiger partial charge in [-0.05, 0) is 30.7 Å². The first-order valence-corrected chi connectivity index (χ1v) is 7.88. The largest absolute Gasteiger partial charge is 0.198 e. The van der Waals surface area contributed by atoms with Gasteiger partial charge in [-0.25, -0.2) is 0 Å². The van der Waals surface area contributed by atoms with Gasteiger partial charge in [-0.3, -0.25) is 0 Å². The summed E-state index contributed by atoms with van der Waals surface area (Å²) in [4.78, 5) is 2.63. The van der Waals surface area contributed by atoms with Gasteiger partial charge in [0, 0.05) is 14.7 Å². The molecule has 0 saturated heterocycles. The molecule has 3 heteroatoms. The zero-order valence-corrected chi connectivity index (χ0v) is 12.6. The molecule has 0 heterocycles. The third-order valence-corrected chi connectivity index (χ3v) is 4.65. The zero-order chi connectivity index (χ0) is 14.2. The molecule has 0 aromatic heterocycles. The maximum atomic E-state index is 14.4. The molecule has 0 spiro atoms. The van der Waals surface area contributed by atoms with Crippen LogP contribution in [0, 0.1) is 0 Å². The van der Waals surface area contributed by atoms with E-state index in [9.17, 15) is 4.39 Å². The van der Waals surface area contributed by atoms with Gasteiger partial charge in [0.25, 0.3) is 0 Å². The average molecular weight is 302 g/mol. The van der Waals surface area contributed by atoms with Gasteiger partial charge in [0.15, 0.2) is 5.16 Å². The second-order valence-corrected chi connectivity index (χ2v) is 6.22. The number of halogens is 1. The van der Waals surface area contributed by atoms with E-state index in [2.05, 4.69) is 6.58 Å². The molecule has 0 aliphatic heterocycles. The summed E-state index contributed by atoms with van der Waals surface area (Å²) in [5.74, 6) is 0. The van der Waals surface area contributed by atoms with Gasteiger partial charge in [0.1, 0.15) is 0 Å². The highest BCUT2D eigenvalue weighted by Crippen LogP contribution is 2.38. The van der Waals surface area contributed by atoms with Crippen LogP contribution in [0.25, 0.3) is 0 Å². The Balaban J connectivity index is 2.17. The highest BCUT2D eigenvalue weighted by Gasteiger charge is 2.09. The second-order valence-electron chi connectivity index (χ2n) is 4.02. The Kier molecular flexibility index (Phi) is 5.96. The summed E-state index contributed by atoms with van der Waals surface area (Å²) in [5, 5.41) is -0.162. The average Bonchev–Trinajstić information content (AvgIpc) is 2.49. The van der Waals surface area contributed by atoms with Crippen molar-refractivity contribution in [1.29, 1.82) is 0 Å². The molecule has 0 unspecified atom stereocenters. The van der Waals surface area contributed by atoms with Crippen LogP contribution in [0.1, 0.15) is 6.42 Å². The van der Waals surface area contributed by atoms with Gasteiger partial charge >= 0.3 is 0 Å². The summed E-state index contributed by atoms with van der Waals surface area (Å²) >= 11 is 2.61. The Morgan fingerprint density at radius 2 is 1.40 bits per heavy atom. The predicted octanol–water partition coefficient (Wildman–Crippen LogP) is 6.29. The lowest BCUT2D eigenvalue weighted by Crippen LogP contribution is -1.81. The number of benzene rings is 2. The molecule has 0 amide bonds. The molecule has 0 radical (unpaired) electrons. The first-order valence-electron chi connectivity index (χ1n) is 6.25. The fourth-order valence-corrected chi connectivity index (χ4v) is 3.38. The lowest BCUT2D eigenvalue weighted by Gasteiger charge is -2.07. The Hall–Kier alpha value is -1.45. The monoisotopic (exact) mass is 302 g/mol. The second kappa shape index (κ2) is 7.98. The van der Waals surface area contributed by atoms with Crippen molar-refractivity contribution in [3.63, 3.8) is 0 Å². The number of allylic oxidation sites excluding steroid dienone is 2. The van der Waals surface area contributed by atoms with Crippen molar-refractivity contribution in [2.75, 3.05) is 0 Å². The quantitative estimate of drug-likeness (QED) is 0.454. The topological polar surface area (TPSA) is 0 Å². The molecule has 0 nitrogen and oxygen atoms in total. The number of thioether (sulfide) groups is 2. The predicted molar refractivity (Wildman–Crippen MR) is 87.5 cm³/mol. The summed E-state index contributed by atoms with van der Waals surface area (Å²) in [5.41, 5.74) is 0. The van der Waals surface area contributed by atoms with Crippen LogP contribution in [0.3, 0.4) is 0 Å². The van der Waals surface area contributed by atoms with Crippen molar-refractivity contribution in [2.45, 2.75) is 16.2 Å².